The largest absolute Gasteiger partial charge is 0.473 e. The van der Waals surface area contributed by atoms with Gasteiger partial charge in [-0.2, -0.15) is 10.1 Å². The van der Waals surface area contributed by atoms with E-state index in [0.717, 1.165) is 23.1 Å². The van der Waals surface area contributed by atoms with Crippen LogP contribution in [0.25, 0.3) is 16.7 Å². The number of fused-ring (bicyclic) bond motifs is 1. The van der Waals surface area contributed by atoms with Crippen molar-refractivity contribution >= 4 is 11.0 Å². The van der Waals surface area contributed by atoms with Crippen LogP contribution in [-0.4, -0.2) is 30.4 Å². The van der Waals surface area contributed by atoms with Crippen molar-refractivity contribution in [2.75, 3.05) is 0 Å². The lowest BCUT2D eigenvalue weighted by atomic mass is 10.3. The maximum Gasteiger partial charge on any atom is 0.242 e. The lowest BCUT2D eigenvalue weighted by Gasteiger charge is -2.14. The lowest BCUT2D eigenvalue weighted by molar-refractivity contribution is 0.210. The normalized spacial score (nSPS) is 12.8. The molecule has 3 aromatic heterocycles. The predicted molar refractivity (Wildman–Crippen MR) is 80.7 cm³/mol. The molecule has 0 fully saturated rings. The molecule has 3 aromatic rings. The molecule has 0 bridgehead atoms. The second kappa shape index (κ2) is 5.20. The maximum absolute atomic E-state index is 5.99. The molecule has 0 aliphatic rings. The molecule has 0 aliphatic heterocycles. The van der Waals surface area contributed by atoms with E-state index in [1.54, 1.807) is 4.68 Å². The van der Waals surface area contributed by atoms with Gasteiger partial charge >= 0.3 is 0 Å². The minimum Gasteiger partial charge on any atom is -0.473 e. The Morgan fingerprint density at radius 2 is 2.14 bits per heavy atom. The highest BCUT2D eigenvalue weighted by Crippen LogP contribution is 2.27. The van der Waals surface area contributed by atoms with Crippen LogP contribution < -0.4 is 4.74 Å². The van der Waals surface area contributed by atoms with Crippen LogP contribution in [0, 0.1) is 6.92 Å². The molecule has 0 N–H and O–H groups in total. The zero-order valence-electron chi connectivity index (χ0n) is 12.7. The third-order valence-electron chi connectivity index (χ3n) is 3.47. The highest BCUT2D eigenvalue weighted by molar-refractivity contribution is 5.82. The van der Waals surface area contributed by atoms with Crippen LogP contribution in [0.3, 0.4) is 0 Å². The molecule has 6 nitrogen and oxygen atoms in total. The third kappa shape index (κ3) is 2.49. The van der Waals surface area contributed by atoms with Crippen LogP contribution in [0.4, 0.5) is 0 Å². The zero-order valence-corrected chi connectivity index (χ0v) is 12.7. The zero-order chi connectivity index (χ0) is 15.0. The average Bonchev–Trinajstić information content (AvgIpc) is 3.04. The van der Waals surface area contributed by atoms with Crippen molar-refractivity contribution in [2.24, 2.45) is 7.05 Å². The summed E-state index contributed by atoms with van der Waals surface area (Å²) in [5, 5.41) is 4.22. The molecular formula is C15H19N5O. The Morgan fingerprint density at radius 1 is 1.33 bits per heavy atom. The predicted octanol–water partition coefficient (Wildman–Crippen LogP) is 2.64. The van der Waals surface area contributed by atoms with Gasteiger partial charge in [-0.1, -0.05) is 6.92 Å². The molecule has 0 radical (unpaired) electrons. The van der Waals surface area contributed by atoms with Crippen LogP contribution >= 0.6 is 0 Å². The Morgan fingerprint density at radius 3 is 2.81 bits per heavy atom. The smallest absolute Gasteiger partial charge is 0.242 e. The topological polar surface area (TPSA) is 57.8 Å². The molecule has 0 aromatic carbocycles. The fraction of sp³-hybridized carbons (Fsp3) is 0.400. The average molecular weight is 285 g/mol. The summed E-state index contributed by atoms with van der Waals surface area (Å²) in [5.41, 5.74) is 2.73. The standard InChI is InChI=1S/C15H19N5O/c1-5-10(2)21-15-14-13(17-11(3)18-15)6-7-20(14)12-8-16-19(4)9-12/h6-10H,5H2,1-4H3/t10-/m0/s1. The summed E-state index contributed by atoms with van der Waals surface area (Å²) in [6.07, 6.45) is 6.77. The van der Waals surface area contributed by atoms with Crippen molar-refractivity contribution < 1.29 is 4.74 Å². The maximum atomic E-state index is 5.99. The van der Waals surface area contributed by atoms with Gasteiger partial charge in [0.15, 0.2) is 0 Å². The van der Waals surface area contributed by atoms with Crippen molar-refractivity contribution in [1.82, 2.24) is 24.3 Å². The van der Waals surface area contributed by atoms with E-state index in [4.69, 9.17) is 4.74 Å². The molecule has 0 spiro atoms. The van der Waals surface area contributed by atoms with E-state index in [2.05, 4.69) is 22.0 Å². The summed E-state index contributed by atoms with van der Waals surface area (Å²) in [6.45, 7) is 6.01. The van der Waals surface area contributed by atoms with Gasteiger partial charge in [-0.05, 0) is 26.3 Å². The van der Waals surface area contributed by atoms with Gasteiger partial charge in [0, 0.05) is 19.4 Å². The Kier molecular flexibility index (Phi) is 3.37. The molecule has 0 saturated heterocycles. The van der Waals surface area contributed by atoms with E-state index in [1.165, 1.54) is 0 Å². The Hall–Kier alpha value is -2.37. The molecule has 21 heavy (non-hydrogen) atoms. The molecule has 0 unspecified atom stereocenters. The molecule has 0 amide bonds. The summed E-state index contributed by atoms with van der Waals surface area (Å²) >= 11 is 0. The van der Waals surface area contributed by atoms with E-state index >= 15 is 0 Å². The first kappa shape index (κ1) is 13.6. The van der Waals surface area contributed by atoms with Crippen molar-refractivity contribution in [1.29, 1.82) is 0 Å². The van der Waals surface area contributed by atoms with Gasteiger partial charge in [-0.25, -0.2) is 4.98 Å². The quantitative estimate of drug-likeness (QED) is 0.739. The summed E-state index contributed by atoms with van der Waals surface area (Å²) < 4.78 is 9.77. The van der Waals surface area contributed by atoms with Gasteiger partial charge in [0.2, 0.25) is 5.88 Å². The number of ether oxygens (including phenoxy) is 1. The van der Waals surface area contributed by atoms with E-state index in [1.807, 2.05) is 50.1 Å². The Labute approximate surface area is 123 Å². The van der Waals surface area contributed by atoms with E-state index in [0.29, 0.717) is 11.7 Å². The molecule has 0 aliphatic carbocycles. The minimum absolute atomic E-state index is 0.111. The van der Waals surface area contributed by atoms with Gasteiger partial charge in [0.1, 0.15) is 11.3 Å². The summed E-state index contributed by atoms with van der Waals surface area (Å²) in [4.78, 5) is 8.96. The van der Waals surface area contributed by atoms with Gasteiger partial charge in [0.25, 0.3) is 0 Å². The second-order valence-corrected chi connectivity index (χ2v) is 5.20. The third-order valence-corrected chi connectivity index (χ3v) is 3.47. The number of hydrogen-bond acceptors (Lipinski definition) is 4. The fourth-order valence-electron chi connectivity index (χ4n) is 2.23. The highest BCUT2D eigenvalue weighted by Gasteiger charge is 2.15. The van der Waals surface area contributed by atoms with Crippen LogP contribution in [0.1, 0.15) is 26.1 Å². The van der Waals surface area contributed by atoms with Crippen molar-refractivity contribution in [2.45, 2.75) is 33.3 Å². The number of nitrogens with zero attached hydrogens (tertiary/aromatic N) is 5. The molecule has 3 heterocycles. The number of rotatable bonds is 4. The van der Waals surface area contributed by atoms with Crippen molar-refractivity contribution in [3.63, 3.8) is 0 Å². The van der Waals surface area contributed by atoms with Crippen molar-refractivity contribution in [3.05, 3.63) is 30.5 Å². The fourth-order valence-corrected chi connectivity index (χ4v) is 2.23. The summed E-state index contributed by atoms with van der Waals surface area (Å²) in [5.74, 6) is 1.34. The SMILES string of the molecule is CC[C@H](C)Oc1nc(C)nc2ccn(-c3cnn(C)c3)c12. The van der Waals surface area contributed by atoms with Crippen molar-refractivity contribution in [3.8, 4) is 11.6 Å². The first-order chi connectivity index (χ1) is 10.1. The highest BCUT2D eigenvalue weighted by atomic mass is 16.5. The lowest BCUT2D eigenvalue weighted by Crippen LogP contribution is -2.12. The van der Waals surface area contributed by atoms with Gasteiger partial charge in [0.05, 0.1) is 23.5 Å². The number of aryl methyl sites for hydroxylation is 2. The van der Waals surface area contributed by atoms with Gasteiger partial charge in [-0.15, -0.1) is 0 Å². The number of aromatic nitrogens is 5. The Bertz CT molecular complexity index is 774. The van der Waals surface area contributed by atoms with Crippen LogP contribution in [0.15, 0.2) is 24.7 Å². The van der Waals surface area contributed by atoms with E-state index < -0.39 is 0 Å². The van der Waals surface area contributed by atoms with Crippen LogP contribution in [0.2, 0.25) is 0 Å². The number of hydrogen-bond donors (Lipinski definition) is 0. The van der Waals surface area contributed by atoms with E-state index in [-0.39, 0.29) is 6.10 Å². The molecule has 3 rings (SSSR count). The molecule has 6 heteroatoms. The van der Waals surface area contributed by atoms with Crippen LogP contribution in [-0.2, 0) is 7.05 Å². The first-order valence-corrected chi connectivity index (χ1v) is 7.10. The molecular weight excluding hydrogens is 266 g/mol. The minimum atomic E-state index is 0.111. The first-order valence-electron chi connectivity index (χ1n) is 7.10. The van der Waals surface area contributed by atoms with Crippen LogP contribution in [0.5, 0.6) is 5.88 Å². The van der Waals surface area contributed by atoms with E-state index in [9.17, 15) is 0 Å². The molecule has 1 atom stereocenters. The molecule has 0 saturated carbocycles. The van der Waals surface area contributed by atoms with Gasteiger partial charge in [-0.3, -0.25) is 4.68 Å². The van der Waals surface area contributed by atoms with Gasteiger partial charge < -0.3 is 9.30 Å². The second-order valence-electron chi connectivity index (χ2n) is 5.20. The molecule has 110 valence electrons. The summed E-state index contributed by atoms with van der Waals surface area (Å²) in [6, 6.07) is 1.97. The monoisotopic (exact) mass is 285 g/mol. The Balaban J connectivity index is 2.18. The summed E-state index contributed by atoms with van der Waals surface area (Å²) in [7, 11) is 1.90.